The number of hydrogen-bond acceptors (Lipinski definition) is 5. The fourth-order valence-corrected chi connectivity index (χ4v) is 1.95. The van der Waals surface area contributed by atoms with Gasteiger partial charge < -0.3 is 16.4 Å². The van der Waals surface area contributed by atoms with Gasteiger partial charge in [0.25, 0.3) is 0 Å². The summed E-state index contributed by atoms with van der Waals surface area (Å²) in [5, 5.41) is 0. The van der Waals surface area contributed by atoms with Gasteiger partial charge in [0.1, 0.15) is 0 Å². The summed E-state index contributed by atoms with van der Waals surface area (Å²) in [6, 6.07) is 1.83. The Bertz CT molecular complexity index is 385. The summed E-state index contributed by atoms with van der Waals surface area (Å²) in [6.07, 6.45) is 3.54. The number of halogens is 1. The summed E-state index contributed by atoms with van der Waals surface area (Å²) in [5.74, 6) is 0.965. The highest BCUT2D eigenvalue weighted by Gasteiger charge is 2.17. The maximum atomic E-state index is 5.29. The molecular formula is C11H20IN7. The van der Waals surface area contributed by atoms with Crippen LogP contribution >= 0.6 is 24.0 Å². The maximum Gasteiger partial charge on any atom is 0.225 e. The normalized spacial score (nSPS) is 15.7. The summed E-state index contributed by atoms with van der Waals surface area (Å²) in [4.78, 5) is 17.0. The van der Waals surface area contributed by atoms with Gasteiger partial charge in [-0.15, -0.1) is 24.0 Å². The fourth-order valence-electron chi connectivity index (χ4n) is 1.95. The minimum atomic E-state index is 0. The van der Waals surface area contributed by atoms with Crippen LogP contribution in [0.25, 0.3) is 0 Å². The third kappa shape index (κ3) is 5.15. The van der Waals surface area contributed by atoms with Gasteiger partial charge >= 0.3 is 0 Å². The SMILES string of the molecule is I.NC(N)=NCCN1CCN(c2ncccn2)CC1. The Morgan fingerprint density at radius 1 is 1.16 bits per heavy atom. The van der Waals surface area contributed by atoms with Gasteiger partial charge in [0.2, 0.25) is 5.95 Å². The number of guanidine groups is 1. The minimum absolute atomic E-state index is 0. The molecule has 0 amide bonds. The lowest BCUT2D eigenvalue weighted by Crippen LogP contribution is -2.47. The third-order valence-corrected chi connectivity index (χ3v) is 2.92. The average molecular weight is 377 g/mol. The first-order chi connectivity index (χ1) is 8.75. The summed E-state index contributed by atoms with van der Waals surface area (Å²) in [7, 11) is 0. The fraction of sp³-hybridized carbons (Fsp3) is 0.545. The molecule has 8 heteroatoms. The molecule has 0 radical (unpaired) electrons. The Morgan fingerprint density at radius 2 is 1.79 bits per heavy atom. The molecule has 2 heterocycles. The Morgan fingerprint density at radius 3 is 2.37 bits per heavy atom. The molecule has 1 aromatic rings. The van der Waals surface area contributed by atoms with Crippen molar-refractivity contribution in [2.24, 2.45) is 16.5 Å². The Kier molecular flexibility index (Phi) is 6.78. The molecule has 1 aromatic heterocycles. The van der Waals surface area contributed by atoms with E-state index in [0.29, 0.717) is 6.54 Å². The first-order valence-electron chi connectivity index (χ1n) is 6.05. The van der Waals surface area contributed by atoms with Crippen molar-refractivity contribution in [3.63, 3.8) is 0 Å². The second kappa shape index (κ2) is 8.10. The van der Waals surface area contributed by atoms with Gasteiger partial charge in [-0.3, -0.25) is 9.89 Å². The molecule has 1 aliphatic heterocycles. The molecule has 1 fully saturated rings. The van der Waals surface area contributed by atoms with Crippen molar-refractivity contribution in [2.75, 3.05) is 44.2 Å². The quantitative estimate of drug-likeness (QED) is 0.417. The standard InChI is InChI=1S/C11H19N7.HI/c12-10(13)14-4-5-17-6-8-18(9-7-17)11-15-2-1-3-16-11;/h1-3H,4-9H2,(H4,12,13,14);1H. The highest BCUT2D eigenvalue weighted by Crippen LogP contribution is 2.09. The Labute approximate surface area is 130 Å². The van der Waals surface area contributed by atoms with E-state index in [4.69, 9.17) is 11.5 Å². The zero-order chi connectivity index (χ0) is 12.8. The molecule has 2 rings (SSSR count). The molecule has 0 spiro atoms. The molecule has 106 valence electrons. The summed E-state index contributed by atoms with van der Waals surface area (Å²) < 4.78 is 0. The lowest BCUT2D eigenvalue weighted by Gasteiger charge is -2.34. The molecule has 4 N–H and O–H groups in total. The van der Waals surface area contributed by atoms with Crippen LogP contribution in [0.3, 0.4) is 0 Å². The van der Waals surface area contributed by atoms with E-state index in [-0.39, 0.29) is 29.9 Å². The van der Waals surface area contributed by atoms with Gasteiger partial charge in [0, 0.05) is 45.1 Å². The van der Waals surface area contributed by atoms with Gasteiger partial charge in [-0.2, -0.15) is 0 Å². The van der Waals surface area contributed by atoms with E-state index >= 15 is 0 Å². The number of piperazine rings is 1. The molecule has 0 aliphatic carbocycles. The van der Waals surface area contributed by atoms with E-state index in [1.54, 1.807) is 12.4 Å². The molecule has 0 atom stereocenters. The van der Waals surface area contributed by atoms with E-state index in [0.717, 1.165) is 38.7 Å². The van der Waals surface area contributed by atoms with E-state index in [2.05, 4.69) is 24.8 Å². The Hall–Kier alpha value is -1.16. The zero-order valence-corrected chi connectivity index (χ0v) is 13.1. The van der Waals surface area contributed by atoms with E-state index in [1.807, 2.05) is 6.07 Å². The van der Waals surface area contributed by atoms with Crippen molar-refractivity contribution in [1.29, 1.82) is 0 Å². The topological polar surface area (TPSA) is 96.7 Å². The molecule has 0 bridgehead atoms. The number of rotatable bonds is 4. The molecular weight excluding hydrogens is 357 g/mol. The summed E-state index contributed by atoms with van der Waals surface area (Å²) in [5.41, 5.74) is 10.6. The second-order valence-corrected chi connectivity index (χ2v) is 4.18. The van der Waals surface area contributed by atoms with Crippen LogP contribution in [0, 0.1) is 0 Å². The predicted molar refractivity (Wildman–Crippen MR) is 86.8 cm³/mol. The minimum Gasteiger partial charge on any atom is -0.370 e. The molecule has 1 saturated heterocycles. The van der Waals surface area contributed by atoms with Crippen LogP contribution in [0.1, 0.15) is 0 Å². The number of aromatic nitrogens is 2. The van der Waals surface area contributed by atoms with Crippen molar-refractivity contribution in [2.45, 2.75) is 0 Å². The van der Waals surface area contributed by atoms with Crippen LogP contribution in [0.2, 0.25) is 0 Å². The van der Waals surface area contributed by atoms with Crippen molar-refractivity contribution < 1.29 is 0 Å². The van der Waals surface area contributed by atoms with Crippen molar-refractivity contribution >= 4 is 35.9 Å². The van der Waals surface area contributed by atoms with E-state index < -0.39 is 0 Å². The van der Waals surface area contributed by atoms with Crippen molar-refractivity contribution in [3.8, 4) is 0 Å². The largest absolute Gasteiger partial charge is 0.370 e. The van der Waals surface area contributed by atoms with Crippen molar-refractivity contribution in [1.82, 2.24) is 14.9 Å². The highest BCUT2D eigenvalue weighted by molar-refractivity contribution is 14.0. The maximum absolute atomic E-state index is 5.29. The number of hydrogen-bond donors (Lipinski definition) is 2. The monoisotopic (exact) mass is 377 g/mol. The number of nitrogens with two attached hydrogens (primary N) is 2. The molecule has 1 aliphatic rings. The molecule has 0 unspecified atom stereocenters. The summed E-state index contributed by atoms with van der Waals surface area (Å²) in [6.45, 7) is 5.39. The van der Waals surface area contributed by atoms with Crippen LogP contribution in [0.15, 0.2) is 23.5 Å². The number of nitrogens with zero attached hydrogens (tertiary/aromatic N) is 5. The van der Waals surface area contributed by atoms with Crippen molar-refractivity contribution in [3.05, 3.63) is 18.5 Å². The first-order valence-corrected chi connectivity index (χ1v) is 6.05. The third-order valence-electron chi connectivity index (χ3n) is 2.92. The van der Waals surface area contributed by atoms with Gasteiger partial charge in [-0.25, -0.2) is 9.97 Å². The second-order valence-electron chi connectivity index (χ2n) is 4.18. The number of aliphatic imine (C=N–C) groups is 1. The molecule has 19 heavy (non-hydrogen) atoms. The van der Waals surface area contributed by atoms with E-state index in [1.165, 1.54) is 0 Å². The van der Waals surface area contributed by atoms with Crippen LogP contribution < -0.4 is 16.4 Å². The smallest absolute Gasteiger partial charge is 0.225 e. The van der Waals surface area contributed by atoms with Crippen LogP contribution in [-0.4, -0.2) is 60.1 Å². The lowest BCUT2D eigenvalue weighted by molar-refractivity contribution is 0.264. The molecule has 0 aromatic carbocycles. The van der Waals surface area contributed by atoms with Gasteiger partial charge in [-0.1, -0.05) is 0 Å². The number of anilines is 1. The van der Waals surface area contributed by atoms with Crippen LogP contribution in [0.5, 0.6) is 0 Å². The Balaban J connectivity index is 0.00000180. The average Bonchev–Trinajstić information content (AvgIpc) is 2.40. The highest BCUT2D eigenvalue weighted by atomic mass is 127. The van der Waals surface area contributed by atoms with Gasteiger partial charge in [0.15, 0.2) is 5.96 Å². The lowest BCUT2D eigenvalue weighted by atomic mass is 10.3. The van der Waals surface area contributed by atoms with E-state index in [9.17, 15) is 0 Å². The van der Waals surface area contributed by atoms with Crippen LogP contribution in [0.4, 0.5) is 5.95 Å². The predicted octanol–water partition coefficient (Wildman–Crippen LogP) is -0.510. The molecule has 7 nitrogen and oxygen atoms in total. The molecule has 0 saturated carbocycles. The zero-order valence-electron chi connectivity index (χ0n) is 10.8. The van der Waals surface area contributed by atoms with Gasteiger partial charge in [0.05, 0.1) is 6.54 Å². The van der Waals surface area contributed by atoms with Crippen LogP contribution in [-0.2, 0) is 0 Å². The first kappa shape index (κ1) is 15.9. The van der Waals surface area contributed by atoms with Gasteiger partial charge in [-0.05, 0) is 6.07 Å². The summed E-state index contributed by atoms with van der Waals surface area (Å²) >= 11 is 0.